The number of likely N-dealkylation sites (N-methyl/N-ethyl adjacent to an activating group) is 1. The summed E-state index contributed by atoms with van der Waals surface area (Å²) in [7, 11) is 2.06. The highest BCUT2D eigenvalue weighted by Gasteiger charge is 2.30. The Labute approximate surface area is 147 Å². The molecule has 1 aromatic carbocycles. The number of benzene rings is 1. The monoisotopic (exact) mass is 346 g/mol. The van der Waals surface area contributed by atoms with Crippen LogP contribution in [0.1, 0.15) is 23.2 Å². The number of nitrogens with zero attached hydrogens (tertiary/aromatic N) is 2. The molecule has 0 unspecified atom stereocenters. The van der Waals surface area contributed by atoms with Gasteiger partial charge < -0.3 is 20.4 Å². The number of amides is 2. The minimum absolute atomic E-state index is 0.0275. The summed E-state index contributed by atoms with van der Waals surface area (Å²) in [6.45, 7) is 3.26. The Morgan fingerprint density at radius 1 is 1.17 bits per heavy atom. The Balaban J connectivity index is 1.59. The lowest BCUT2D eigenvalue weighted by Gasteiger charge is -2.32. The van der Waals surface area contributed by atoms with Crippen molar-refractivity contribution in [3.05, 3.63) is 29.8 Å². The van der Waals surface area contributed by atoms with Crippen LogP contribution in [0.4, 0.5) is 5.69 Å². The second-order valence-corrected chi connectivity index (χ2v) is 6.80. The van der Waals surface area contributed by atoms with E-state index < -0.39 is 0 Å². The molecule has 6 nitrogen and oxygen atoms in total. The molecule has 1 aromatic rings. The van der Waals surface area contributed by atoms with Crippen molar-refractivity contribution in [2.75, 3.05) is 38.5 Å². The zero-order chi connectivity index (χ0) is 17.1. The van der Waals surface area contributed by atoms with Gasteiger partial charge in [-0.3, -0.25) is 9.59 Å². The van der Waals surface area contributed by atoms with Gasteiger partial charge in [-0.05, 0) is 50.3 Å². The number of hydrogen-bond acceptors (Lipinski definition) is 4. The Morgan fingerprint density at radius 3 is 2.54 bits per heavy atom. The van der Waals surface area contributed by atoms with Crippen LogP contribution in [0.15, 0.2) is 24.3 Å². The average molecular weight is 346 g/mol. The van der Waals surface area contributed by atoms with Crippen molar-refractivity contribution in [1.82, 2.24) is 15.1 Å². The number of carbonyl (C=O) groups is 2. The summed E-state index contributed by atoms with van der Waals surface area (Å²) in [6, 6.07) is 7.22. The number of thiocarbonyl (C=S) groups is 1. The number of piperazine rings is 1. The molecule has 1 aliphatic carbocycles. The molecule has 3 rings (SSSR count). The zero-order valence-corrected chi connectivity index (χ0v) is 14.6. The minimum atomic E-state index is -0.0304. The van der Waals surface area contributed by atoms with E-state index in [2.05, 4.69) is 22.6 Å². The lowest BCUT2D eigenvalue weighted by molar-refractivity contribution is -0.120. The molecule has 24 heavy (non-hydrogen) atoms. The van der Waals surface area contributed by atoms with Crippen LogP contribution in [0.25, 0.3) is 0 Å². The maximum atomic E-state index is 12.6. The maximum Gasteiger partial charge on any atom is 0.254 e. The lowest BCUT2D eigenvalue weighted by atomic mass is 10.1. The molecule has 2 N–H and O–H groups in total. The first kappa shape index (κ1) is 16.9. The summed E-state index contributed by atoms with van der Waals surface area (Å²) < 4.78 is 0. The van der Waals surface area contributed by atoms with E-state index in [4.69, 9.17) is 12.2 Å². The molecule has 0 atom stereocenters. The molecule has 128 valence electrons. The first-order valence-electron chi connectivity index (χ1n) is 8.22. The van der Waals surface area contributed by atoms with E-state index in [-0.39, 0.29) is 22.8 Å². The van der Waals surface area contributed by atoms with Gasteiger partial charge in [0.2, 0.25) is 5.91 Å². The zero-order valence-electron chi connectivity index (χ0n) is 13.7. The lowest BCUT2D eigenvalue weighted by Crippen LogP contribution is -2.47. The van der Waals surface area contributed by atoms with Gasteiger partial charge in [0.05, 0.1) is 0 Å². The second-order valence-electron chi connectivity index (χ2n) is 6.39. The summed E-state index contributed by atoms with van der Waals surface area (Å²) in [5.41, 5.74) is 1.33. The third-order valence-electron chi connectivity index (χ3n) is 4.34. The first-order valence-corrected chi connectivity index (χ1v) is 8.63. The fourth-order valence-corrected chi connectivity index (χ4v) is 2.86. The predicted octanol–water partition coefficient (Wildman–Crippen LogP) is 1.30. The quantitative estimate of drug-likeness (QED) is 0.808. The fourth-order valence-electron chi connectivity index (χ4n) is 2.64. The van der Waals surface area contributed by atoms with E-state index in [1.54, 1.807) is 12.1 Å². The summed E-state index contributed by atoms with van der Waals surface area (Å²) in [5.74, 6) is 0.103. The van der Waals surface area contributed by atoms with Gasteiger partial charge in [0.1, 0.15) is 0 Å². The van der Waals surface area contributed by atoms with E-state index >= 15 is 0 Å². The summed E-state index contributed by atoms with van der Waals surface area (Å²) >= 11 is 5.16. The Morgan fingerprint density at radius 2 is 1.88 bits per heavy atom. The second kappa shape index (κ2) is 7.27. The minimum Gasteiger partial charge on any atom is -0.336 e. The molecule has 1 saturated heterocycles. The van der Waals surface area contributed by atoms with Crippen molar-refractivity contribution in [3.8, 4) is 0 Å². The van der Waals surface area contributed by atoms with E-state index in [1.807, 2.05) is 17.0 Å². The van der Waals surface area contributed by atoms with E-state index in [0.29, 0.717) is 11.3 Å². The summed E-state index contributed by atoms with van der Waals surface area (Å²) in [6.07, 6.45) is 1.87. The van der Waals surface area contributed by atoms with Gasteiger partial charge >= 0.3 is 0 Å². The number of nitrogens with one attached hydrogen (secondary N) is 2. The Bertz CT molecular complexity index is 652. The van der Waals surface area contributed by atoms with Gasteiger partial charge in [0, 0.05) is 43.3 Å². The van der Waals surface area contributed by atoms with Crippen molar-refractivity contribution < 1.29 is 9.59 Å². The van der Waals surface area contributed by atoms with E-state index in [1.165, 1.54) is 0 Å². The third-order valence-corrected chi connectivity index (χ3v) is 4.55. The molecule has 0 aromatic heterocycles. The molecule has 0 spiro atoms. The molecular formula is C17H22N4O2S. The van der Waals surface area contributed by atoms with Crippen LogP contribution in [0.3, 0.4) is 0 Å². The standard InChI is InChI=1S/C17H22N4O2S/c1-20-7-9-21(10-8-20)16(23)13-3-2-4-14(11-13)18-17(24)19-15(22)12-5-6-12/h2-4,11-12H,5-10H2,1H3,(H2,18,19,22,24). The molecule has 7 heteroatoms. The highest BCUT2D eigenvalue weighted by atomic mass is 32.1. The predicted molar refractivity (Wildman–Crippen MR) is 96.9 cm³/mol. The first-order chi connectivity index (χ1) is 11.5. The van der Waals surface area contributed by atoms with E-state index in [9.17, 15) is 9.59 Å². The molecule has 2 amide bonds. The van der Waals surface area contributed by atoms with Gasteiger partial charge in [-0.15, -0.1) is 0 Å². The van der Waals surface area contributed by atoms with Gasteiger partial charge in [-0.1, -0.05) is 6.07 Å². The van der Waals surface area contributed by atoms with Crippen molar-refractivity contribution in [1.29, 1.82) is 0 Å². The number of carbonyl (C=O) groups excluding carboxylic acids is 2. The molecule has 0 bridgehead atoms. The van der Waals surface area contributed by atoms with Crippen molar-refractivity contribution in [2.45, 2.75) is 12.8 Å². The van der Waals surface area contributed by atoms with Crippen LogP contribution < -0.4 is 10.6 Å². The average Bonchev–Trinajstić information content (AvgIpc) is 3.40. The fraction of sp³-hybridized carbons (Fsp3) is 0.471. The van der Waals surface area contributed by atoms with Crippen LogP contribution in [0.5, 0.6) is 0 Å². The maximum absolute atomic E-state index is 12.6. The van der Waals surface area contributed by atoms with Gasteiger partial charge in [-0.2, -0.15) is 0 Å². The van der Waals surface area contributed by atoms with Crippen molar-refractivity contribution in [2.24, 2.45) is 5.92 Å². The van der Waals surface area contributed by atoms with Gasteiger partial charge in [0.15, 0.2) is 5.11 Å². The number of rotatable bonds is 3. The summed E-state index contributed by atoms with van der Waals surface area (Å²) in [4.78, 5) is 28.4. The van der Waals surface area contributed by atoms with Crippen LogP contribution in [-0.2, 0) is 4.79 Å². The van der Waals surface area contributed by atoms with E-state index in [0.717, 1.165) is 39.0 Å². The molecule has 2 fully saturated rings. The van der Waals surface area contributed by atoms with Gasteiger partial charge in [0.25, 0.3) is 5.91 Å². The molecule has 1 saturated carbocycles. The normalized spacial score (nSPS) is 18.1. The topological polar surface area (TPSA) is 64.7 Å². The molecule has 1 heterocycles. The third kappa shape index (κ3) is 4.30. The van der Waals surface area contributed by atoms with Gasteiger partial charge in [-0.25, -0.2) is 0 Å². The SMILES string of the molecule is CN1CCN(C(=O)c2cccc(NC(=S)NC(=O)C3CC3)c2)CC1. The largest absolute Gasteiger partial charge is 0.336 e. The highest BCUT2D eigenvalue weighted by molar-refractivity contribution is 7.80. The summed E-state index contributed by atoms with van der Waals surface area (Å²) in [5, 5.41) is 5.94. The van der Waals surface area contributed by atoms with Crippen LogP contribution in [0.2, 0.25) is 0 Å². The van der Waals surface area contributed by atoms with Crippen LogP contribution in [-0.4, -0.2) is 60.0 Å². The molecule has 1 aliphatic heterocycles. The Hall–Kier alpha value is -1.99. The molecular weight excluding hydrogens is 324 g/mol. The highest BCUT2D eigenvalue weighted by Crippen LogP contribution is 2.28. The van der Waals surface area contributed by atoms with Crippen LogP contribution >= 0.6 is 12.2 Å². The van der Waals surface area contributed by atoms with Crippen molar-refractivity contribution in [3.63, 3.8) is 0 Å². The Kier molecular flexibility index (Phi) is 5.11. The molecule has 0 radical (unpaired) electrons. The van der Waals surface area contributed by atoms with Crippen LogP contribution in [0, 0.1) is 5.92 Å². The van der Waals surface area contributed by atoms with Crippen molar-refractivity contribution >= 4 is 34.8 Å². The number of hydrogen-bond donors (Lipinski definition) is 2. The number of anilines is 1. The molecule has 2 aliphatic rings. The smallest absolute Gasteiger partial charge is 0.254 e.